The Labute approximate surface area is 108 Å². The molecule has 0 bridgehead atoms. The highest BCUT2D eigenvalue weighted by atomic mass is 79.9. The molecule has 1 aromatic rings. The minimum atomic E-state index is -1.60. The molecule has 0 amide bonds. The van der Waals surface area contributed by atoms with Gasteiger partial charge in [0.15, 0.2) is 6.10 Å². The summed E-state index contributed by atoms with van der Waals surface area (Å²) in [5.74, 6) is -1.36. The monoisotopic (exact) mass is 304 g/mol. The van der Waals surface area contributed by atoms with Crippen molar-refractivity contribution < 1.29 is 19.0 Å². The molecule has 0 heterocycles. The van der Waals surface area contributed by atoms with Gasteiger partial charge in [0.2, 0.25) is 0 Å². The van der Waals surface area contributed by atoms with Crippen molar-refractivity contribution in [3.63, 3.8) is 0 Å². The largest absolute Gasteiger partial charge is 0.467 e. The molecule has 0 aliphatic rings. The topological polar surface area (TPSA) is 46.5 Å². The Bertz CT molecular complexity index is 432. The summed E-state index contributed by atoms with van der Waals surface area (Å²) < 4.78 is 18.4. The lowest BCUT2D eigenvalue weighted by Gasteiger charge is -2.14. The van der Waals surface area contributed by atoms with E-state index in [9.17, 15) is 14.3 Å². The van der Waals surface area contributed by atoms with E-state index < -0.39 is 17.9 Å². The Kier molecular flexibility index (Phi) is 4.65. The minimum absolute atomic E-state index is 0.0741. The predicted molar refractivity (Wildman–Crippen MR) is 65.2 cm³/mol. The van der Waals surface area contributed by atoms with Crippen LogP contribution in [0.25, 0.3) is 0 Å². The Morgan fingerprint density at radius 3 is 2.53 bits per heavy atom. The first-order valence-electron chi connectivity index (χ1n) is 5.13. The van der Waals surface area contributed by atoms with E-state index in [0.717, 1.165) is 12.7 Å². The Balaban J connectivity index is 3.27. The first-order valence-corrected chi connectivity index (χ1v) is 5.92. The summed E-state index contributed by atoms with van der Waals surface area (Å²) in [4.78, 5) is 11.2. The summed E-state index contributed by atoms with van der Waals surface area (Å²) in [6, 6.07) is 3.11. The summed E-state index contributed by atoms with van der Waals surface area (Å²) in [7, 11) is 1.14. The van der Waals surface area contributed by atoms with Crippen molar-refractivity contribution in [1.29, 1.82) is 0 Å². The molecule has 0 aliphatic heterocycles. The van der Waals surface area contributed by atoms with Crippen LogP contribution in [-0.2, 0) is 9.53 Å². The van der Waals surface area contributed by atoms with Gasteiger partial charge in [0.25, 0.3) is 0 Å². The molecule has 17 heavy (non-hydrogen) atoms. The first kappa shape index (κ1) is 14.1. The molecule has 1 N–H and O–H groups in total. The first-order chi connectivity index (χ1) is 7.88. The van der Waals surface area contributed by atoms with Gasteiger partial charge in [-0.25, -0.2) is 9.18 Å². The average molecular weight is 305 g/mol. The summed E-state index contributed by atoms with van der Waals surface area (Å²) in [6.45, 7) is 3.88. The third-order valence-corrected chi connectivity index (χ3v) is 3.04. The van der Waals surface area contributed by atoms with E-state index >= 15 is 0 Å². The number of benzene rings is 1. The number of methoxy groups -OCH3 is 1. The van der Waals surface area contributed by atoms with Crippen molar-refractivity contribution in [2.45, 2.75) is 25.9 Å². The molecule has 5 heteroatoms. The zero-order chi connectivity index (χ0) is 13.2. The van der Waals surface area contributed by atoms with E-state index in [1.54, 1.807) is 6.07 Å². The second-order valence-electron chi connectivity index (χ2n) is 3.99. The SMILES string of the molecule is COC(=O)C(O)c1cc(C(C)C)cc(Br)c1F. The molecular formula is C12H14BrFO3. The lowest BCUT2D eigenvalue weighted by Crippen LogP contribution is -2.15. The van der Waals surface area contributed by atoms with Gasteiger partial charge in [-0.3, -0.25) is 0 Å². The summed E-state index contributed by atoms with van der Waals surface area (Å²) in [6.07, 6.45) is -1.60. The third-order valence-electron chi connectivity index (χ3n) is 2.46. The second kappa shape index (κ2) is 5.60. The van der Waals surface area contributed by atoms with Crippen molar-refractivity contribution in [2.75, 3.05) is 7.11 Å². The smallest absolute Gasteiger partial charge is 0.339 e. The van der Waals surface area contributed by atoms with Gasteiger partial charge < -0.3 is 9.84 Å². The van der Waals surface area contributed by atoms with E-state index in [-0.39, 0.29) is 16.0 Å². The molecule has 0 fully saturated rings. The molecule has 0 radical (unpaired) electrons. The molecule has 0 saturated carbocycles. The standard InChI is InChI=1S/C12H14BrFO3/c1-6(2)7-4-8(10(14)9(13)5-7)11(15)12(16)17-3/h4-6,11,15H,1-3H3. The highest BCUT2D eigenvalue weighted by Crippen LogP contribution is 2.29. The van der Waals surface area contributed by atoms with Crippen LogP contribution in [0.1, 0.15) is 37.0 Å². The zero-order valence-electron chi connectivity index (χ0n) is 9.83. The second-order valence-corrected chi connectivity index (χ2v) is 4.84. The fraction of sp³-hybridized carbons (Fsp3) is 0.417. The highest BCUT2D eigenvalue weighted by Gasteiger charge is 2.24. The number of carbonyl (C=O) groups is 1. The molecule has 0 spiro atoms. The van der Waals surface area contributed by atoms with Crippen molar-refractivity contribution >= 4 is 21.9 Å². The molecular weight excluding hydrogens is 291 g/mol. The number of rotatable bonds is 3. The number of ether oxygens (including phenoxy) is 1. The highest BCUT2D eigenvalue weighted by molar-refractivity contribution is 9.10. The summed E-state index contributed by atoms with van der Waals surface area (Å²) >= 11 is 3.07. The Hall–Kier alpha value is -0.940. The van der Waals surface area contributed by atoms with Gasteiger partial charge in [-0.1, -0.05) is 13.8 Å². The van der Waals surface area contributed by atoms with Gasteiger partial charge in [-0.15, -0.1) is 0 Å². The molecule has 0 saturated heterocycles. The van der Waals surface area contributed by atoms with Gasteiger partial charge in [-0.2, -0.15) is 0 Å². The fourth-order valence-electron chi connectivity index (χ4n) is 1.40. The molecule has 3 nitrogen and oxygen atoms in total. The molecule has 0 aromatic heterocycles. The summed E-state index contributed by atoms with van der Waals surface area (Å²) in [5.41, 5.74) is 0.756. The Morgan fingerprint density at radius 1 is 1.47 bits per heavy atom. The van der Waals surface area contributed by atoms with E-state index in [1.807, 2.05) is 13.8 Å². The predicted octanol–water partition coefficient (Wildman–Crippen LogP) is 2.92. The molecule has 1 aromatic carbocycles. The van der Waals surface area contributed by atoms with E-state index in [1.165, 1.54) is 6.07 Å². The number of aliphatic hydroxyl groups is 1. The molecule has 0 aliphatic carbocycles. The number of halogens is 2. The zero-order valence-corrected chi connectivity index (χ0v) is 11.4. The number of carbonyl (C=O) groups excluding carboxylic acids is 1. The maximum absolute atomic E-state index is 13.8. The van der Waals surface area contributed by atoms with Crippen LogP contribution in [0, 0.1) is 5.82 Å². The fourth-order valence-corrected chi connectivity index (χ4v) is 1.90. The summed E-state index contributed by atoms with van der Waals surface area (Å²) in [5, 5.41) is 9.67. The molecule has 1 unspecified atom stereocenters. The lowest BCUT2D eigenvalue weighted by atomic mass is 9.98. The van der Waals surface area contributed by atoms with Crippen molar-refractivity contribution in [2.24, 2.45) is 0 Å². The van der Waals surface area contributed by atoms with Crippen LogP contribution in [0.15, 0.2) is 16.6 Å². The maximum Gasteiger partial charge on any atom is 0.339 e. The minimum Gasteiger partial charge on any atom is -0.467 e. The average Bonchev–Trinajstić information content (AvgIpc) is 2.30. The number of aliphatic hydroxyl groups excluding tert-OH is 1. The molecule has 1 rings (SSSR count). The van der Waals surface area contributed by atoms with Crippen molar-refractivity contribution in [1.82, 2.24) is 0 Å². The van der Waals surface area contributed by atoms with Crippen LogP contribution in [-0.4, -0.2) is 18.2 Å². The van der Waals surface area contributed by atoms with Gasteiger partial charge in [0.1, 0.15) is 5.82 Å². The van der Waals surface area contributed by atoms with Crippen molar-refractivity contribution in [3.05, 3.63) is 33.5 Å². The van der Waals surface area contributed by atoms with Crippen LogP contribution in [0.2, 0.25) is 0 Å². The number of hydrogen-bond acceptors (Lipinski definition) is 3. The normalized spacial score (nSPS) is 12.6. The maximum atomic E-state index is 13.8. The van der Waals surface area contributed by atoms with Gasteiger partial charge >= 0.3 is 5.97 Å². The third kappa shape index (κ3) is 3.04. The van der Waals surface area contributed by atoms with Crippen LogP contribution < -0.4 is 0 Å². The van der Waals surface area contributed by atoms with Crippen LogP contribution in [0.5, 0.6) is 0 Å². The number of esters is 1. The number of hydrogen-bond donors (Lipinski definition) is 1. The van der Waals surface area contributed by atoms with E-state index in [0.29, 0.717) is 0 Å². The van der Waals surface area contributed by atoms with Crippen LogP contribution in [0.3, 0.4) is 0 Å². The lowest BCUT2D eigenvalue weighted by molar-refractivity contribution is -0.150. The van der Waals surface area contributed by atoms with Crippen LogP contribution in [0.4, 0.5) is 4.39 Å². The quantitative estimate of drug-likeness (QED) is 0.873. The Morgan fingerprint density at radius 2 is 2.06 bits per heavy atom. The van der Waals surface area contributed by atoms with Crippen LogP contribution >= 0.6 is 15.9 Å². The van der Waals surface area contributed by atoms with Gasteiger partial charge in [0.05, 0.1) is 11.6 Å². The molecule has 94 valence electrons. The van der Waals surface area contributed by atoms with E-state index in [2.05, 4.69) is 20.7 Å². The molecule has 1 atom stereocenters. The van der Waals surface area contributed by atoms with Gasteiger partial charge in [0, 0.05) is 5.56 Å². The van der Waals surface area contributed by atoms with Crippen molar-refractivity contribution in [3.8, 4) is 0 Å². The van der Waals surface area contributed by atoms with Gasteiger partial charge in [-0.05, 0) is 39.5 Å². The van der Waals surface area contributed by atoms with E-state index in [4.69, 9.17) is 0 Å².